The van der Waals surface area contributed by atoms with Crippen molar-refractivity contribution in [2.24, 2.45) is 0 Å². The fourth-order valence-electron chi connectivity index (χ4n) is 6.02. The van der Waals surface area contributed by atoms with Crippen LogP contribution in [-0.4, -0.2) is 59.8 Å². The van der Waals surface area contributed by atoms with Gasteiger partial charge in [0.05, 0.1) is 5.46 Å². The van der Waals surface area contributed by atoms with Gasteiger partial charge in [0.15, 0.2) is 0 Å². The lowest BCUT2D eigenvalue weighted by atomic mass is 9.77. The van der Waals surface area contributed by atoms with Crippen LogP contribution >= 0.6 is 0 Å². The molecule has 0 atom stereocenters. The van der Waals surface area contributed by atoms with Crippen molar-refractivity contribution in [3.63, 3.8) is 0 Å². The summed E-state index contributed by atoms with van der Waals surface area (Å²) in [6.07, 6.45) is 1.33. The number of carbonyl (C=O) groups excluding carboxylic acids is 2. The number of likely N-dealkylation sites (tertiary alicyclic amines) is 1. The minimum Gasteiger partial charge on any atom is -0.522 e. The smallest absolute Gasteiger partial charge is 0.522 e. The molecule has 0 aromatic heterocycles. The Kier molecular flexibility index (Phi) is 9.80. The Morgan fingerprint density at radius 1 is 1.00 bits per heavy atom. The third-order valence-electron chi connectivity index (χ3n) is 8.33. The number of piperidine rings is 1. The van der Waals surface area contributed by atoms with Gasteiger partial charge in [-0.15, -0.1) is 0 Å². The van der Waals surface area contributed by atoms with Gasteiger partial charge in [-0.25, -0.2) is 4.79 Å². The lowest BCUT2D eigenvalue weighted by Crippen LogP contribution is -2.38. The van der Waals surface area contributed by atoms with E-state index in [0.29, 0.717) is 43.1 Å². The van der Waals surface area contributed by atoms with Crippen LogP contribution in [0, 0.1) is 0 Å². The van der Waals surface area contributed by atoms with Crippen molar-refractivity contribution < 1.29 is 24.4 Å². The number of benzene rings is 4. The minimum absolute atomic E-state index is 0.0498. The predicted octanol–water partition coefficient (Wildman–Crippen LogP) is 4.93. The molecule has 2 amide bonds. The first-order valence-electron chi connectivity index (χ1n) is 15.5. The second-order valence-corrected chi connectivity index (χ2v) is 12.8. The van der Waals surface area contributed by atoms with Gasteiger partial charge in [0.2, 0.25) is 0 Å². The second kappa shape index (κ2) is 13.8. The van der Waals surface area contributed by atoms with Gasteiger partial charge in [0.25, 0.3) is 5.91 Å². The highest BCUT2D eigenvalue weighted by molar-refractivity contribution is 6.59. The quantitative estimate of drug-likeness (QED) is 0.218. The standard InChI is InChI=1S/C36H42BN3O5/c1-36(2,3)45-35(42)38-23-25-9-7-11-27(21-25)26-17-19-40(20-18-26)34(41)32-13-8-12-28-22-30(15-16-31(28)32)39(4)24-29-10-5-6-14-33(29)37(43)44/h5-16,21-22,26,43-44H,17-20,23-24H2,1-4H3,(H,38,42)/p+1. The Morgan fingerprint density at radius 2 is 1.73 bits per heavy atom. The molecule has 45 heavy (non-hydrogen) atoms. The summed E-state index contributed by atoms with van der Waals surface area (Å²) in [4.78, 5) is 29.9. The van der Waals surface area contributed by atoms with E-state index < -0.39 is 18.8 Å². The molecule has 1 aliphatic rings. The molecular weight excluding hydrogens is 565 g/mol. The van der Waals surface area contributed by atoms with E-state index in [4.69, 9.17) is 9.76 Å². The average Bonchev–Trinajstić information content (AvgIpc) is 3.02. The molecule has 4 aromatic rings. The van der Waals surface area contributed by atoms with Crippen molar-refractivity contribution in [3.05, 3.63) is 107 Å². The molecule has 1 heterocycles. The van der Waals surface area contributed by atoms with Crippen molar-refractivity contribution in [1.29, 1.82) is 0 Å². The van der Waals surface area contributed by atoms with E-state index in [2.05, 4.69) is 28.4 Å². The fraction of sp³-hybridized carbons (Fsp3) is 0.333. The summed E-state index contributed by atoms with van der Waals surface area (Å²) in [5, 5.41) is 22.4. The van der Waals surface area contributed by atoms with E-state index in [9.17, 15) is 14.6 Å². The van der Waals surface area contributed by atoms with Crippen molar-refractivity contribution in [1.82, 2.24) is 10.2 Å². The fourth-order valence-corrected chi connectivity index (χ4v) is 6.02. The molecule has 1 fully saturated rings. The number of amides is 2. The second-order valence-electron chi connectivity index (χ2n) is 12.8. The van der Waals surface area contributed by atoms with Gasteiger partial charge in [0.1, 0.15) is 5.60 Å². The molecule has 0 spiro atoms. The number of carbonyl (C=O) groups is 2. The largest absolute Gasteiger partial charge is 0.728 e. The first kappa shape index (κ1) is 32.1. The lowest BCUT2D eigenvalue weighted by Gasteiger charge is -2.33. The zero-order valence-corrected chi connectivity index (χ0v) is 26.5. The first-order chi connectivity index (χ1) is 21.5. The third-order valence-corrected chi connectivity index (χ3v) is 8.33. The van der Waals surface area contributed by atoms with Gasteiger partial charge in [-0.1, -0.05) is 66.7 Å². The molecule has 0 saturated carbocycles. The van der Waals surface area contributed by atoms with Crippen LogP contribution in [0.5, 0.6) is 0 Å². The molecule has 0 aliphatic carbocycles. The maximum Gasteiger partial charge on any atom is 0.728 e. The zero-order valence-electron chi connectivity index (χ0n) is 26.5. The Balaban J connectivity index is 1.22. The highest BCUT2D eigenvalue weighted by Gasteiger charge is 2.27. The molecule has 4 aromatic carbocycles. The van der Waals surface area contributed by atoms with Gasteiger partial charge in [0, 0.05) is 44.5 Å². The molecule has 9 heteroatoms. The molecule has 1 saturated heterocycles. The van der Waals surface area contributed by atoms with Crippen molar-refractivity contribution in [3.8, 4) is 0 Å². The average molecular weight is 609 g/mol. The predicted molar refractivity (Wildman–Crippen MR) is 181 cm³/mol. The summed E-state index contributed by atoms with van der Waals surface area (Å²) in [5.41, 5.74) is 4.92. The summed E-state index contributed by atoms with van der Waals surface area (Å²) in [7, 11) is 0.712. The highest BCUT2D eigenvalue weighted by atomic mass is 16.6. The summed E-state index contributed by atoms with van der Waals surface area (Å²) in [5.74, 6) is 0.399. The number of alkyl carbamates (subject to hydrolysis) is 1. The molecule has 0 radical (unpaired) electrons. The molecule has 0 bridgehead atoms. The van der Waals surface area contributed by atoms with E-state index in [0.717, 1.165) is 40.4 Å². The van der Waals surface area contributed by atoms with E-state index in [1.165, 1.54) is 5.56 Å². The van der Waals surface area contributed by atoms with Crippen LogP contribution in [0.25, 0.3) is 10.8 Å². The maximum atomic E-state index is 13.7. The van der Waals surface area contributed by atoms with E-state index >= 15 is 0 Å². The monoisotopic (exact) mass is 608 g/mol. The highest BCUT2D eigenvalue weighted by Crippen LogP contribution is 2.31. The van der Waals surface area contributed by atoms with Crippen LogP contribution in [0.4, 0.5) is 10.5 Å². The number of anilines is 1. The van der Waals surface area contributed by atoms with Gasteiger partial charge >= 0.3 is 13.2 Å². The number of rotatable bonds is 8. The molecule has 4 N–H and O–H groups in total. The van der Waals surface area contributed by atoms with E-state index in [1.807, 2.05) is 93.4 Å². The van der Waals surface area contributed by atoms with Crippen LogP contribution in [-0.2, 0) is 17.8 Å². The van der Waals surface area contributed by atoms with Crippen molar-refractivity contribution >= 4 is 41.0 Å². The molecule has 0 unspecified atom stereocenters. The molecule has 5 rings (SSSR count). The number of hydrogen-bond donors (Lipinski definition) is 2. The summed E-state index contributed by atoms with van der Waals surface area (Å²) < 4.78 is 5.35. The first-order valence-corrected chi connectivity index (χ1v) is 15.5. The SMILES string of the molecule is CN(Cc1ccccc1B(O)[OH2+])c1ccc2c(C(=O)N3CCC(c4cccc(CNC(=O)OC(C)(C)C)c4)CC3)cccc2c1. The number of hydrogen-bond acceptors (Lipinski definition) is 5. The van der Waals surface area contributed by atoms with Gasteiger partial charge in [-0.2, -0.15) is 0 Å². The number of nitrogens with zero attached hydrogens (tertiary/aromatic N) is 2. The van der Waals surface area contributed by atoms with Crippen molar-refractivity contribution in [2.45, 2.75) is 58.2 Å². The zero-order chi connectivity index (χ0) is 32.1. The Hall–Kier alpha value is -4.34. The van der Waals surface area contributed by atoms with Crippen molar-refractivity contribution in [2.75, 3.05) is 25.0 Å². The number of ether oxygens (including phenoxy) is 1. The Labute approximate surface area is 265 Å². The summed E-state index contributed by atoms with van der Waals surface area (Å²) in [6, 6.07) is 27.8. The van der Waals surface area contributed by atoms with Gasteiger partial charge < -0.3 is 29.9 Å². The normalized spacial score (nSPS) is 13.9. The maximum absolute atomic E-state index is 13.7. The number of fused-ring (bicyclic) bond motifs is 1. The third kappa shape index (κ3) is 8.04. The molecule has 234 valence electrons. The lowest BCUT2D eigenvalue weighted by molar-refractivity contribution is 0.0523. The Morgan fingerprint density at radius 3 is 2.47 bits per heavy atom. The summed E-state index contributed by atoms with van der Waals surface area (Å²) >= 11 is 0. The topological polar surface area (TPSA) is 105 Å². The van der Waals surface area contributed by atoms with Crippen LogP contribution in [0.1, 0.15) is 66.6 Å². The number of nitrogens with one attached hydrogen (secondary N) is 1. The van der Waals surface area contributed by atoms with Gasteiger partial charge in [-0.3, -0.25) is 4.79 Å². The van der Waals surface area contributed by atoms with E-state index in [1.54, 1.807) is 6.07 Å². The Bertz CT molecular complexity index is 1660. The van der Waals surface area contributed by atoms with Crippen LogP contribution < -0.4 is 15.7 Å². The molecule has 8 nitrogen and oxygen atoms in total. The van der Waals surface area contributed by atoms with Crippen LogP contribution in [0.2, 0.25) is 0 Å². The minimum atomic E-state index is -1.27. The van der Waals surface area contributed by atoms with Crippen LogP contribution in [0.3, 0.4) is 0 Å². The molecular formula is C36H43BN3O5+. The van der Waals surface area contributed by atoms with E-state index in [-0.39, 0.29) is 5.91 Å². The molecule has 1 aliphatic heterocycles. The van der Waals surface area contributed by atoms with Gasteiger partial charge in [-0.05, 0) is 85.2 Å². The van der Waals surface area contributed by atoms with Crippen LogP contribution in [0.15, 0.2) is 84.9 Å². The summed E-state index contributed by atoms with van der Waals surface area (Å²) in [6.45, 7) is 7.85.